The highest BCUT2D eigenvalue weighted by atomic mass is 16.6. The number of allylic oxidation sites excluding steroid dienone is 1. The summed E-state index contributed by atoms with van der Waals surface area (Å²) in [7, 11) is 0. The van der Waals surface area contributed by atoms with E-state index in [0.717, 1.165) is 20.8 Å². The van der Waals surface area contributed by atoms with Crippen molar-refractivity contribution in [2.45, 2.75) is 118 Å². The van der Waals surface area contributed by atoms with Crippen molar-refractivity contribution >= 4 is 41.6 Å². The van der Waals surface area contributed by atoms with E-state index in [9.17, 15) is 33.6 Å². The van der Waals surface area contributed by atoms with Crippen LogP contribution < -0.4 is 0 Å². The van der Waals surface area contributed by atoms with Gasteiger partial charge in [-0.3, -0.25) is 28.8 Å². The summed E-state index contributed by atoms with van der Waals surface area (Å²) >= 11 is 0. The van der Waals surface area contributed by atoms with Gasteiger partial charge in [-0.25, -0.2) is 4.79 Å². The summed E-state index contributed by atoms with van der Waals surface area (Å²) in [6, 6.07) is 7.86. The molecule has 0 bridgehead atoms. The van der Waals surface area contributed by atoms with Crippen LogP contribution in [0.3, 0.4) is 0 Å². The van der Waals surface area contributed by atoms with E-state index < -0.39 is 101 Å². The van der Waals surface area contributed by atoms with Crippen LogP contribution in [0.1, 0.15) is 91.9 Å². The van der Waals surface area contributed by atoms with Crippen molar-refractivity contribution in [3.8, 4) is 0 Å². The van der Waals surface area contributed by atoms with E-state index in [1.807, 2.05) is 0 Å². The van der Waals surface area contributed by atoms with Crippen LogP contribution in [0, 0.1) is 23.2 Å². The van der Waals surface area contributed by atoms with E-state index >= 15 is 0 Å². The molecule has 2 aliphatic carbocycles. The summed E-state index contributed by atoms with van der Waals surface area (Å²) in [6.45, 7) is 17.1. The maximum atomic E-state index is 14.8. The Morgan fingerprint density at radius 2 is 1.37 bits per heavy atom. The topological polar surface area (TPSA) is 175 Å². The number of benzene rings is 1. The number of carbonyl (C=O) groups is 7. The molecule has 0 spiro atoms. The number of fused-ring (bicyclic) bond motifs is 1. The van der Waals surface area contributed by atoms with Crippen molar-refractivity contribution in [1.82, 2.24) is 0 Å². The predicted octanol–water partition coefficient (Wildman–Crippen LogP) is 5.03. The third-order valence-corrected chi connectivity index (χ3v) is 9.29. The first-order chi connectivity index (χ1) is 24.2. The molecule has 0 aliphatic heterocycles. The summed E-state index contributed by atoms with van der Waals surface area (Å²) in [6.07, 6.45) is -4.31. The van der Waals surface area contributed by atoms with Crippen LogP contribution in [0.5, 0.6) is 0 Å². The van der Waals surface area contributed by atoms with Crippen molar-refractivity contribution in [2.75, 3.05) is 0 Å². The minimum absolute atomic E-state index is 0.0868. The number of hydrogen-bond donors (Lipinski definition) is 0. The van der Waals surface area contributed by atoms with Gasteiger partial charge < -0.3 is 28.4 Å². The van der Waals surface area contributed by atoms with E-state index in [0.29, 0.717) is 6.42 Å². The van der Waals surface area contributed by atoms with E-state index in [4.69, 9.17) is 28.4 Å². The normalized spacial score (nSPS) is 30.0. The fraction of sp³-hybridized carbons (Fsp3) is 0.564. The number of Topliss-reactive ketones (excluding diaryl/α,β-unsaturated/α-hetero) is 1. The van der Waals surface area contributed by atoms with E-state index in [-0.39, 0.29) is 24.0 Å². The highest BCUT2D eigenvalue weighted by molar-refractivity contribution is 5.94. The highest BCUT2D eigenvalue weighted by Gasteiger charge is 2.66. The molecule has 2 aliphatic rings. The van der Waals surface area contributed by atoms with E-state index in [1.165, 1.54) is 25.1 Å². The highest BCUT2D eigenvalue weighted by Crippen LogP contribution is 2.51. The van der Waals surface area contributed by atoms with Crippen LogP contribution in [0.2, 0.25) is 0 Å². The third-order valence-electron chi connectivity index (χ3n) is 9.29. The lowest BCUT2D eigenvalue weighted by Gasteiger charge is -2.44. The Morgan fingerprint density at radius 1 is 0.788 bits per heavy atom. The second-order valence-electron chi connectivity index (χ2n) is 14.1. The molecule has 1 fully saturated rings. The van der Waals surface area contributed by atoms with Gasteiger partial charge in [0.2, 0.25) is 0 Å². The lowest BCUT2D eigenvalue weighted by atomic mass is 9.72. The quantitative estimate of drug-likeness (QED) is 0.188. The van der Waals surface area contributed by atoms with Gasteiger partial charge in [0.25, 0.3) is 0 Å². The minimum atomic E-state index is -2.08. The molecule has 0 N–H and O–H groups in total. The first-order valence-electron chi connectivity index (χ1n) is 17.3. The molecule has 52 heavy (non-hydrogen) atoms. The Morgan fingerprint density at radius 3 is 1.90 bits per heavy atom. The number of rotatable bonds is 9. The molecule has 9 unspecified atom stereocenters. The van der Waals surface area contributed by atoms with Crippen molar-refractivity contribution in [1.29, 1.82) is 0 Å². The molecular weight excluding hydrogens is 676 g/mol. The molecule has 284 valence electrons. The standard InChI is InChI=1S/C39H50O13/c1-11-15-29(44)50-33-23(4)32(51-37(46)28-16-13-12-14-17-28)30-31(47-24(5)40)22(3)20-39(30,52-27(8)43)35(45)21(2)18-19-38(9,10)36(49-26(7)42)34(33)48-25(6)41/h12-14,16-19,21-22,30-34,36H,4,11,15,20H2,1-3,5-10H3. The number of esters is 6. The van der Waals surface area contributed by atoms with Crippen molar-refractivity contribution in [3.05, 3.63) is 60.2 Å². The molecule has 3 rings (SSSR count). The van der Waals surface area contributed by atoms with Crippen LogP contribution >= 0.6 is 0 Å². The molecule has 1 aromatic carbocycles. The van der Waals surface area contributed by atoms with Gasteiger partial charge in [0.05, 0.1) is 11.5 Å². The summed E-state index contributed by atoms with van der Waals surface area (Å²) in [4.78, 5) is 93.2. The van der Waals surface area contributed by atoms with Gasteiger partial charge >= 0.3 is 35.8 Å². The number of carbonyl (C=O) groups excluding carboxylic acids is 7. The molecule has 1 aromatic rings. The van der Waals surface area contributed by atoms with Crippen molar-refractivity contribution in [2.24, 2.45) is 23.2 Å². The maximum Gasteiger partial charge on any atom is 0.338 e. The van der Waals surface area contributed by atoms with Crippen LogP contribution in [-0.4, -0.2) is 77.7 Å². The molecule has 13 heteroatoms. The average Bonchev–Trinajstić information content (AvgIpc) is 3.31. The summed E-state index contributed by atoms with van der Waals surface area (Å²) in [5, 5.41) is 0. The minimum Gasteiger partial charge on any atom is -0.462 e. The summed E-state index contributed by atoms with van der Waals surface area (Å²) in [5.41, 5.74) is -3.42. The lowest BCUT2D eigenvalue weighted by Crippen LogP contribution is -2.59. The van der Waals surface area contributed by atoms with E-state index in [1.54, 1.807) is 58.9 Å². The average molecular weight is 727 g/mol. The van der Waals surface area contributed by atoms with Crippen LogP contribution in [0.4, 0.5) is 0 Å². The molecule has 0 aromatic heterocycles. The monoisotopic (exact) mass is 726 g/mol. The number of hydrogen-bond acceptors (Lipinski definition) is 13. The summed E-state index contributed by atoms with van der Waals surface area (Å²) in [5.74, 6) is -8.52. The second-order valence-corrected chi connectivity index (χ2v) is 14.1. The van der Waals surface area contributed by atoms with Gasteiger partial charge in [-0.2, -0.15) is 0 Å². The summed E-state index contributed by atoms with van der Waals surface area (Å²) < 4.78 is 35.7. The van der Waals surface area contributed by atoms with Gasteiger partial charge in [-0.15, -0.1) is 0 Å². The Bertz CT molecular complexity index is 1580. The molecular formula is C39H50O13. The van der Waals surface area contributed by atoms with Gasteiger partial charge in [0.15, 0.2) is 29.7 Å². The second kappa shape index (κ2) is 17.1. The van der Waals surface area contributed by atoms with Crippen LogP contribution in [0.15, 0.2) is 54.6 Å². The SMILES string of the molecule is C=C1C(OC(=O)CCC)C(OC(C)=O)C(OC(C)=O)C(C)(C)C=CC(C)C(=O)C2(OC(C)=O)CC(C)C(OC(C)=O)C2C1OC(=O)c1ccccc1. The fourth-order valence-corrected chi connectivity index (χ4v) is 7.14. The zero-order valence-corrected chi connectivity index (χ0v) is 31.3. The van der Waals surface area contributed by atoms with Gasteiger partial charge in [-0.05, 0) is 24.5 Å². The zero-order valence-electron chi connectivity index (χ0n) is 31.3. The molecule has 0 radical (unpaired) electrons. The predicted molar refractivity (Wildman–Crippen MR) is 185 cm³/mol. The van der Waals surface area contributed by atoms with Crippen LogP contribution in [-0.2, 0) is 57.2 Å². The Kier molecular flexibility index (Phi) is 13.7. The number of ketones is 1. The van der Waals surface area contributed by atoms with Crippen LogP contribution in [0.25, 0.3) is 0 Å². The first-order valence-corrected chi connectivity index (χ1v) is 17.3. The Labute approximate surface area is 304 Å². The maximum absolute atomic E-state index is 14.8. The molecule has 13 nitrogen and oxygen atoms in total. The fourth-order valence-electron chi connectivity index (χ4n) is 7.14. The third kappa shape index (κ3) is 9.54. The Hall–Kier alpha value is -4.81. The first kappa shape index (κ1) is 41.6. The van der Waals surface area contributed by atoms with Gasteiger partial charge in [0, 0.05) is 57.4 Å². The van der Waals surface area contributed by atoms with Crippen molar-refractivity contribution < 1.29 is 62.0 Å². The molecule has 0 amide bonds. The molecule has 0 saturated heterocycles. The largest absolute Gasteiger partial charge is 0.462 e. The zero-order chi connectivity index (χ0) is 39.1. The van der Waals surface area contributed by atoms with Gasteiger partial charge in [-0.1, -0.05) is 71.5 Å². The number of ether oxygens (including phenoxy) is 6. The smallest absolute Gasteiger partial charge is 0.338 e. The van der Waals surface area contributed by atoms with E-state index in [2.05, 4.69) is 6.58 Å². The molecule has 1 saturated carbocycles. The molecule has 0 heterocycles. The Balaban J connectivity index is 2.54. The van der Waals surface area contributed by atoms with Gasteiger partial charge in [0.1, 0.15) is 12.2 Å². The molecule has 9 atom stereocenters. The lowest BCUT2D eigenvalue weighted by molar-refractivity contribution is -0.192. The van der Waals surface area contributed by atoms with Crippen molar-refractivity contribution in [3.63, 3.8) is 0 Å².